The van der Waals surface area contributed by atoms with Crippen molar-refractivity contribution in [1.29, 1.82) is 0 Å². The van der Waals surface area contributed by atoms with Crippen molar-refractivity contribution in [2.24, 2.45) is 0 Å². The maximum atomic E-state index is 4.98. The van der Waals surface area contributed by atoms with Gasteiger partial charge in [-0.25, -0.2) is 0 Å². The number of rotatable bonds is 1. The molecule has 1 aromatic carbocycles. The summed E-state index contributed by atoms with van der Waals surface area (Å²) in [5.74, 6) is 0. The third-order valence-electron chi connectivity index (χ3n) is 1.40. The lowest BCUT2D eigenvalue weighted by atomic mass is 10.3. The van der Waals surface area contributed by atoms with Gasteiger partial charge in [-0.1, -0.05) is 15.9 Å². The third kappa shape index (κ3) is 3.25. The van der Waals surface area contributed by atoms with Crippen molar-refractivity contribution in [1.82, 2.24) is 5.32 Å². The van der Waals surface area contributed by atoms with Crippen LogP contribution in [-0.4, -0.2) is 12.2 Å². The lowest BCUT2D eigenvalue weighted by Crippen LogP contribution is -2.24. The Balaban J connectivity index is 2.87. The number of halogens is 2. The summed E-state index contributed by atoms with van der Waals surface area (Å²) in [5, 5.41) is 6.48. The fourth-order valence-corrected chi connectivity index (χ4v) is 1.59. The van der Waals surface area contributed by atoms with Crippen molar-refractivity contribution in [2.45, 2.75) is 0 Å². The molecule has 0 atom stereocenters. The summed E-state index contributed by atoms with van der Waals surface area (Å²) in [6, 6.07) is 5.86. The van der Waals surface area contributed by atoms with Crippen LogP contribution in [0.4, 0.5) is 5.69 Å². The highest BCUT2D eigenvalue weighted by molar-refractivity contribution is 9.11. The molecule has 1 aromatic rings. The molecule has 5 heteroatoms. The van der Waals surface area contributed by atoms with E-state index < -0.39 is 0 Å². The van der Waals surface area contributed by atoms with Gasteiger partial charge in [-0.2, -0.15) is 0 Å². The number of nitrogens with one attached hydrogen (secondary N) is 2. The first-order valence-electron chi connectivity index (χ1n) is 3.57. The van der Waals surface area contributed by atoms with E-state index in [-0.39, 0.29) is 0 Å². The summed E-state index contributed by atoms with van der Waals surface area (Å²) in [5.41, 5.74) is 0.939. The van der Waals surface area contributed by atoms with E-state index in [1.165, 1.54) is 0 Å². The van der Waals surface area contributed by atoms with Gasteiger partial charge in [0.2, 0.25) is 0 Å². The molecule has 13 heavy (non-hydrogen) atoms. The van der Waals surface area contributed by atoms with Crippen LogP contribution >= 0.6 is 44.1 Å². The molecule has 70 valence electrons. The zero-order valence-electron chi connectivity index (χ0n) is 6.90. The maximum absolute atomic E-state index is 4.98. The van der Waals surface area contributed by atoms with Gasteiger partial charge in [0, 0.05) is 16.0 Å². The number of anilines is 1. The van der Waals surface area contributed by atoms with Gasteiger partial charge >= 0.3 is 0 Å². The van der Waals surface area contributed by atoms with Crippen LogP contribution in [0.25, 0.3) is 0 Å². The Morgan fingerprint density at radius 2 is 2.08 bits per heavy atom. The largest absolute Gasteiger partial charge is 0.366 e. The molecule has 2 N–H and O–H groups in total. The van der Waals surface area contributed by atoms with Gasteiger partial charge in [0.15, 0.2) is 5.11 Å². The van der Waals surface area contributed by atoms with Crippen molar-refractivity contribution in [3.05, 3.63) is 27.1 Å². The number of benzene rings is 1. The molecule has 0 aliphatic carbocycles. The molecule has 0 aromatic heterocycles. The van der Waals surface area contributed by atoms with Gasteiger partial charge in [-0.05, 0) is 46.3 Å². The van der Waals surface area contributed by atoms with Gasteiger partial charge < -0.3 is 10.6 Å². The highest BCUT2D eigenvalue weighted by Gasteiger charge is 2.01. The Bertz CT molecular complexity index is 328. The molecular weight excluding hydrogens is 316 g/mol. The molecule has 0 aliphatic heterocycles. The molecule has 0 spiro atoms. The smallest absolute Gasteiger partial charge is 0.170 e. The second-order valence-electron chi connectivity index (χ2n) is 2.33. The van der Waals surface area contributed by atoms with E-state index in [1.807, 2.05) is 18.2 Å². The highest BCUT2D eigenvalue weighted by atomic mass is 79.9. The minimum absolute atomic E-state index is 0.596. The average molecular weight is 324 g/mol. The van der Waals surface area contributed by atoms with Crippen LogP contribution in [0.15, 0.2) is 27.1 Å². The van der Waals surface area contributed by atoms with Crippen LogP contribution in [0.2, 0.25) is 0 Å². The van der Waals surface area contributed by atoms with Gasteiger partial charge in [0.1, 0.15) is 0 Å². The number of thiocarbonyl (C=S) groups is 1. The van der Waals surface area contributed by atoms with E-state index >= 15 is 0 Å². The first-order chi connectivity index (χ1) is 6.13. The first-order valence-corrected chi connectivity index (χ1v) is 5.56. The topological polar surface area (TPSA) is 24.1 Å². The van der Waals surface area contributed by atoms with E-state index in [0.29, 0.717) is 5.11 Å². The Labute approximate surface area is 99.4 Å². The number of hydrogen-bond donors (Lipinski definition) is 2. The molecule has 0 aliphatic rings. The fraction of sp³-hybridized carbons (Fsp3) is 0.125. The second kappa shape index (κ2) is 4.93. The molecule has 0 bridgehead atoms. The fourth-order valence-electron chi connectivity index (χ4n) is 0.778. The molecule has 1 rings (SSSR count). The van der Waals surface area contributed by atoms with E-state index in [2.05, 4.69) is 42.5 Å². The van der Waals surface area contributed by atoms with Crippen molar-refractivity contribution >= 4 is 54.9 Å². The van der Waals surface area contributed by atoms with E-state index in [0.717, 1.165) is 14.6 Å². The molecule has 0 radical (unpaired) electrons. The predicted octanol–water partition coefficient (Wildman–Crippen LogP) is 3.13. The predicted molar refractivity (Wildman–Crippen MR) is 67.1 cm³/mol. The highest BCUT2D eigenvalue weighted by Crippen LogP contribution is 2.25. The van der Waals surface area contributed by atoms with Crippen molar-refractivity contribution < 1.29 is 0 Å². The molecule has 2 nitrogen and oxygen atoms in total. The minimum Gasteiger partial charge on any atom is -0.366 e. The van der Waals surface area contributed by atoms with Crippen molar-refractivity contribution in [3.8, 4) is 0 Å². The molecule has 0 saturated carbocycles. The minimum atomic E-state index is 0.596. The zero-order chi connectivity index (χ0) is 9.84. The summed E-state index contributed by atoms with van der Waals surface area (Å²) in [4.78, 5) is 0. The van der Waals surface area contributed by atoms with Crippen LogP contribution < -0.4 is 10.6 Å². The summed E-state index contributed by atoms with van der Waals surface area (Å²) >= 11 is 11.8. The zero-order valence-corrected chi connectivity index (χ0v) is 10.9. The van der Waals surface area contributed by atoms with Gasteiger partial charge in [-0.15, -0.1) is 0 Å². The lowest BCUT2D eigenvalue weighted by Gasteiger charge is -2.08. The molecular formula is C8H8Br2N2S. The summed E-state index contributed by atoms with van der Waals surface area (Å²) in [7, 11) is 1.78. The van der Waals surface area contributed by atoms with Gasteiger partial charge in [-0.3, -0.25) is 0 Å². The summed E-state index contributed by atoms with van der Waals surface area (Å²) < 4.78 is 1.99. The SMILES string of the molecule is CNC(=S)Nc1cc(Br)ccc1Br. The number of hydrogen-bond acceptors (Lipinski definition) is 1. The van der Waals surface area contributed by atoms with E-state index in [9.17, 15) is 0 Å². The Kier molecular flexibility index (Phi) is 4.15. The molecule has 0 unspecified atom stereocenters. The van der Waals surface area contributed by atoms with Gasteiger partial charge in [0.05, 0.1) is 5.69 Å². The monoisotopic (exact) mass is 322 g/mol. The molecule has 0 amide bonds. The quantitative estimate of drug-likeness (QED) is 0.776. The standard InChI is InChI=1S/C8H8Br2N2S/c1-11-8(13)12-7-4-5(9)2-3-6(7)10/h2-4H,1H3,(H2,11,12,13). The Morgan fingerprint density at radius 3 is 2.69 bits per heavy atom. The second-order valence-corrected chi connectivity index (χ2v) is 4.51. The van der Waals surface area contributed by atoms with Crippen LogP contribution in [-0.2, 0) is 0 Å². The van der Waals surface area contributed by atoms with Crippen molar-refractivity contribution in [2.75, 3.05) is 12.4 Å². The summed E-state index contributed by atoms with van der Waals surface area (Å²) in [6.07, 6.45) is 0. The van der Waals surface area contributed by atoms with Crippen LogP contribution in [0, 0.1) is 0 Å². The summed E-state index contributed by atoms with van der Waals surface area (Å²) in [6.45, 7) is 0. The molecule has 0 heterocycles. The maximum Gasteiger partial charge on any atom is 0.170 e. The van der Waals surface area contributed by atoms with Crippen molar-refractivity contribution in [3.63, 3.8) is 0 Å². The van der Waals surface area contributed by atoms with Crippen LogP contribution in [0.5, 0.6) is 0 Å². The van der Waals surface area contributed by atoms with Crippen LogP contribution in [0.1, 0.15) is 0 Å². The Morgan fingerprint density at radius 1 is 1.38 bits per heavy atom. The first kappa shape index (κ1) is 10.9. The van der Waals surface area contributed by atoms with E-state index in [4.69, 9.17) is 12.2 Å². The third-order valence-corrected chi connectivity index (χ3v) is 2.89. The average Bonchev–Trinajstić information content (AvgIpc) is 2.11. The molecule has 0 saturated heterocycles. The normalized spacial score (nSPS) is 9.46. The van der Waals surface area contributed by atoms with Gasteiger partial charge in [0.25, 0.3) is 0 Å². The molecule has 0 fully saturated rings. The lowest BCUT2D eigenvalue weighted by molar-refractivity contribution is 1.19. The van der Waals surface area contributed by atoms with Crippen LogP contribution in [0.3, 0.4) is 0 Å². The van der Waals surface area contributed by atoms with E-state index in [1.54, 1.807) is 7.05 Å². The Hall–Kier alpha value is -0.130.